The van der Waals surface area contributed by atoms with Crippen molar-refractivity contribution in [3.05, 3.63) is 109 Å². The first-order valence-corrected chi connectivity index (χ1v) is 12.2. The summed E-state index contributed by atoms with van der Waals surface area (Å²) in [5.74, 6) is 1.01. The average Bonchev–Trinajstić information content (AvgIpc) is 2.92. The van der Waals surface area contributed by atoms with E-state index in [0.717, 1.165) is 12.8 Å². The number of esters is 2. The van der Waals surface area contributed by atoms with Crippen LogP contribution in [0.4, 0.5) is 0 Å². The second-order valence-corrected chi connectivity index (χ2v) is 8.36. The fourth-order valence-electron chi connectivity index (χ4n) is 3.41. The van der Waals surface area contributed by atoms with Gasteiger partial charge in [-0.05, 0) is 92.1 Å². The molecule has 0 heterocycles. The van der Waals surface area contributed by atoms with Gasteiger partial charge in [0.1, 0.15) is 35.2 Å². The lowest BCUT2D eigenvalue weighted by atomic mass is 10.2. The van der Waals surface area contributed by atoms with Crippen molar-refractivity contribution in [2.45, 2.75) is 45.8 Å². The summed E-state index contributed by atoms with van der Waals surface area (Å²) in [5, 5.41) is 0. The smallest absolute Gasteiger partial charge is 0.343 e. The lowest BCUT2D eigenvalue weighted by molar-refractivity contribution is 0.0718. The van der Waals surface area contributed by atoms with E-state index in [0.29, 0.717) is 39.7 Å². The Morgan fingerprint density at radius 2 is 1.14 bits per heavy atom. The molecule has 0 radical (unpaired) electrons. The molecule has 2 atom stereocenters. The molecule has 0 spiro atoms. The van der Waals surface area contributed by atoms with E-state index in [1.54, 1.807) is 85.8 Å². The van der Waals surface area contributed by atoms with Crippen molar-refractivity contribution in [1.29, 1.82) is 0 Å². The summed E-state index contributed by atoms with van der Waals surface area (Å²) in [6.07, 6.45) is 4.91. The number of aryl methyl sites for hydroxylation is 1. The van der Waals surface area contributed by atoms with Crippen molar-refractivity contribution in [3.8, 4) is 23.0 Å². The van der Waals surface area contributed by atoms with Crippen LogP contribution in [-0.2, 0) is 0 Å². The van der Waals surface area contributed by atoms with E-state index in [1.807, 2.05) is 13.8 Å². The minimum absolute atomic E-state index is 0.0855. The predicted octanol–water partition coefficient (Wildman–Crippen LogP) is 7.12. The number of carbonyl (C=O) groups is 2. The molecule has 3 aromatic carbocycles. The summed E-state index contributed by atoms with van der Waals surface area (Å²) in [4.78, 5) is 25.2. The number of ether oxygens (including phenoxy) is 4. The summed E-state index contributed by atoms with van der Waals surface area (Å²) in [6, 6.07) is 18.3. The van der Waals surface area contributed by atoms with E-state index in [9.17, 15) is 9.59 Å². The van der Waals surface area contributed by atoms with Crippen LogP contribution in [0.15, 0.2) is 92.0 Å². The molecule has 0 saturated heterocycles. The quantitative estimate of drug-likeness (QED) is 0.150. The van der Waals surface area contributed by atoms with Gasteiger partial charge in [0.05, 0.1) is 11.1 Å². The van der Waals surface area contributed by atoms with Gasteiger partial charge in [0, 0.05) is 0 Å². The maximum atomic E-state index is 12.6. The fourth-order valence-corrected chi connectivity index (χ4v) is 3.41. The molecule has 0 bridgehead atoms. The van der Waals surface area contributed by atoms with E-state index in [4.69, 9.17) is 18.9 Å². The second kappa shape index (κ2) is 13.1. The monoisotopic (exact) mass is 500 g/mol. The molecule has 0 amide bonds. The second-order valence-electron chi connectivity index (χ2n) is 8.36. The van der Waals surface area contributed by atoms with Crippen LogP contribution in [0.1, 0.15) is 53.0 Å². The molecular formula is C31H32O6. The van der Waals surface area contributed by atoms with Crippen LogP contribution in [0.2, 0.25) is 0 Å². The van der Waals surface area contributed by atoms with Crippen molar-refractivity contribution in [3.63, 3.8) is 0 Å². The molecule has 0 aliphatic carbocycles. The molecule has 2 unspecified atom stereocenters. The van der Waals surface area contributed by atoms with Gasteiger partial charge < -0.3 is 18.9 Å². The Bertz CT molecular complexity index is 1230. The van der Waals surface area contributed by atoms with Gasteiger partial charge in [-0.1, -0.05) is 39.2 Å². The third kappa shape index (κ3) is 7.58. The lowest BCUT2D eigenvalue weighted by Crippen LogP contribution is -2.12. The van der Waals surface area contributed by atoms with E-state index >= 15 is 0 Å². The highest BCUT2D eigenvalue weighted by Gasteiger charge is 2.14. The van der Waals surface area contributed by atoms with Crippen molar-refractivity contribution in [2.75, 3.05) is 0 Å². The average molecular weight is 501 g/mol. The number of benzene rings is 3. The Labute approximate surface area is 218 Å². The number of hydrogen-bond donors (Lipinski definition) is 0. The molecule has 3 rings (SSSR count). The topological polar surface area (TPSA) is 71.1 Å². The van der Waals surface area contributed by atoms with Crippen molar-refractivity contribution in [2.24, 2.45) is 0 Å². The highest BCUT2D eigenvalue weighted by molar-refractivity contribution is 5.92. The molecule has 0 saturated carbocycles. The normalized spacial score (nSPS) is 12.1. The Kier molecular flexibility index (Phi) is 9.67. The third-order valence-corrected chi connectivity index (χ3v) is 5.65. The van der Waals surface area contributed by atoms with Crippen molar-refractivity contribution >= 4 is 11.9 Å². The van der Waals surface area contributed by atoms with Gasteiger partial charge in [0.2, 0.25) is 0 Å². The molecule has 6 nitrogen and oxygen atoms in total. The van der Waals surface area contributed by atoms with Crippen molar-refractivity contribution in [1.82, 2.24) is 0 Å². The summed E-state index contributed by atoms with van der Waals surface area (Å²) in [6.45, 7) is 13.3. The first kappa shape index (κ1) is 27.3. The summed E-state index contributed by atoms with van der Waals surface area (Å²) >= 11 is 0. The maximum absolute atomic E-state index is 12.6. The number of rotatable bonds is 12. The molecule has 3 aromatic rings. The van der Waals surface area contributed by atoms with Crippen LogP contribution in [0.25, 0.3) is 0 Å². The maximum Gasteiger partial charge on any atom is 0.343 e. The van der Waals surface area contributed by atoms with Crippen molar-refractivity contribution < 1.29 is 28.5 Å². The highest BCUT2D eigenvalue weighted by atomic mass is 16.5. The molecule has 0 fully saturated rings. The Morgan fingerprint density at radius 3 is 1.54 bits per heavy atom. The van der Waals surface area contributed by atoms with Crippen LogP contribution in [-0.4, -0.2) is 24.1 Å². The minimum Gasteiger partial charge on any atom is -0.486 e. The SMILES string of the molecule is C=CC(CC)Oc1ccc(C(=O)Oc2ccc(OC(=O)c3ccc(OC(C=C)CC)cc3)c(C)c2)cc1. The molecular weight excluding hydrogens is 468 g/mol. The van der Waals surface area contributed by atoms with Crippen LogP contribution in [0.3, 0.4) is 0 Å². The van der Waals surface area contributed by atoms with Crippen LogP contribution in [0, 0.1) is 6.92 Å². The first-order chi connectivity index (χ1) is 17.9. The van der Waals surface area contributed by atoms with Gasteiger partial charge in [0.25, 0.3) is 0 Å². The van der Waals surface area contributed by atoms with Crippen LogP contribution >= 0.6 is 0 Å². The molecule has 0 N–H and O–H groups in total. The number of carbonyl (C=O) groups excluding carboxylic acids is 2. The minimum atomic E-state index is -0.504. The number of hydrogen-bond acceptors (Lipinski definition) is 6. The van der Waals surface area contributed by atoms with Gasteiger partial charge in [-0.25, -0.2) is 9.59 Å². The molecule has 6 heteroatoms. The zero-order chi connectivity index (χ0) is 26.8. The fraction of sp³-hybridized carbons (Fsp3) is 0.226. The van der Waals surface area contributed by atoms with E-state index < -0.39 is 11.9 Å². The lowest BCUT2D eigenvalue weighted by Gasteiger charge is -2.14. The summed E-state index contributed by atoms with van der Waals surface area (Å²) < 4.78 is 22.6. The molecule has 0 aliphatic rings. The van der Waals surface area contributed by atoms with E-state index in [1.165, 1.54) is 0 Å². The standard InChI is InChI=1S/C31H32O6/c1-6-24(7-2)34-26-14-10-22(11-15-26)30(32)36-28-18-19-29(21(5)20-28)37-31(33)23-12-16-27(17-13-23)35-25(8-3)9-4/h6,8,10-20,24-25H,1,3,7,9H2,2,4-5H3. The van der Waals surface area contributed by atoms with Gasteiger partial charge in [-0.2, -0.15) is 0 Å². The largest absolute Gasteiger partial charge is 0.486 e. The zero-order valence-corrected chi connectivity index (χ0v) is 21.4. The Hall–Kier alpha value is -4.32. The highest BCUT2D eigenvalue weighted by Crippen LogP contribution is 2.26. The first-order valence-electron chi connectivity index (χ1n) is 12.2. The van der Waals surface area contributed by atoms with Gasteiger partial charge >= 0.3 is 11.9 Å². The molecule has 37 heavy (non-hydrogen) atoms. The van der Waals surface area contributed by atoms with E-state index in [2.05, 4.69) is 13.2 Å². The van der Waals surface area contributed by atoms with Gasteiger partial charge in [-0.15, -0.1) is 0 Å². The van der Waals surface area contributed by atoms with Crippen LogP contribution in [0.5, 0.6) is 23.0 Å². The van der Waals surface area contributed by atoms with E-state index in [-0.39, 0.29) is 12.2 Å². The third-order valence-electron chi connectivity index (χ3n) is 5.65. The zero-order valence-electron chi connectivity index (χ0n) is 21.4. The Balaban J connectivity index is 1.60. The Morgan fingerprint density at radius 1 is 0.703 bits per heavy atom. The molecule has 0 aliphatic heterocycles. The summed E-state index contributed by atoms with van der Waals surface area (Å²) in [7, 11) is 0. The summed E-state index contributed by atoms with van der Waals surface area (Å²) in [5.41, 5.74) is 1.42. The molecule has 192 valence electrons. The molecule has 0 aromatic heterocycles. The van der Waals surface area contributed by atoms with Crippen LogP contribution < -0.4 is 18.9 Å². The van der Waals surface area contributed by atoms with Gasteiger partial charge in [0.15, 0.2) is 0 Å². The predicted molar refractivity (Wildman–Crippen MR) is 144 cm³/mol. The van der Waals surface area contributed by atoms with Gasteiger partial charge in [-0.3, -0.25) is 0 Å².